The summed E-state index contributed by atoms with van der Waals surface area (Å²) in [5.74, 6) is -0.826. The second-order valence-electron chi connectivity index (χ2n) is 5.24. The number of fused-ring (bicyclic) bond motifs is 1. The van der Waals surface area contributed by atoms with E-state index >= 15 is 0 Å². The summed E-state index contributed by atoms with van der Waals surface area (Å²) in [6.07, 6.45) is 1.08. The zero-order valence-electron chi connectivity index (χ0n) is 13.3. The third kappa shape index (κ3) is 4.84. The lowest BCUT2D eigenvalue weighted by Crippen LogP contribution is -2.29. The molecule has 2 aromatic rings. The van der Waals surface area contributed by atoms with Crippen LogP contribution < -0.4 is 15.7 Å². The molecule has 1 aromatic carbocycles. The van der Waals surface area contributed by atoms with Crippen molar-refractivity contribution < 1.29 is 23.8 Å². The average molecular weight is 333 g/mol. The molecule has 0 aliphatic rings. The zero-order chi connectivity index (χ0) is 17.5. The lowest BCUT2D eigenvalue weighted by molar-refractivity contribution is -0.137. The number of nitrogens with one attached hydrogen (secondary N) is 1. The van der Waals surface area contributed by atoms with E-state index in [0.717, 1.165) is 10.9 Å². The predicted molar refractivity (Wildman–Crippen MR) is 87.2 cm³/mol. The van der Waals surface area contributed by atoms with E-state index in [1.807, 2.05) is 6.92 Å². The normalized spacial score (nSPS) is 10.5. The van der Waals surface area contributed by atoms with Gasteiger partial charge in [0.05, 0.1) is 0 Å². The first-order chi connectivity index (χ1) is 11.5. The maximum absolute atomic E-state index is 11.6. The average Bonchev–Trinajstić information content (AvgIpc) is 2.55. The van der Waals surface area contributed by atoms with Crippen LogP contribution in [0.2, 0.25) is 0 Å². The van der Waals surface area contributed by atoms with Gasteiger partial charge in [-0.05, 0) is 30.5 Å². The Morgan fingerprint density at radius 3 is 2.79 bits per heavy atom. The minimum Gasteiger partial charge on any atom is -0.484 e. The van der Waals surface area contributed by atoms with Gasteiger partial charge in [0.25, 0.3) is 5.91 Å². The smallest absolute Gasteiger partial charge is 0.336 e. The quantitative estimate of drug-likeness (QED) is 0.563. The van der Waals surface area contributed by atoms with Crippen LogP contribution in [-0.4, -0.2) is 30.1 Å². The number of carboxylic acid groups (broad SMARTS) is 1. The molecule has 0 aliphatic carbocycles. The van der Waals surface area contributed by atoms with E-state index in [4.69, 9.17) is 14.3 Å². The molecule has 0 bridgehead atoms. The fourth-order valence-corrected chi connectivity index (χ4v) is 2.26. The van der Waals surface area contributed by atoms with Crippen molar-refractivity contribution in [2.24, 2.45) is 0 Å². The van der Waals surface area contributed by atoms with Crippen molar-refractivity contribution in [3.8, 4) is 5.75 Å². The minimum atomic E-state index is -0.899. The number of carbonyl (C=O) groups excluding carboxylic acids is 1. The summed E-state index contributed by atoms with van der Waals surface area (Å²) >= 11 is 0. The van der Waals surface area contributed by atoms with Crippen molar-refractivity contribution in [2.45, 2.75) is 26.2 Å². The van der Waals surface area contributed by atoms with E-state index < -0.39 is 11.6 Å². The largest absolute Gasteiger partial charge is 0.484 e. The summed E-state index contributed by atoms with van der Waals surface area (Å²) < 4.78 is 10.5. The van der Waals surface area contributed by atoms with Gasteiger partial charge in [-0.2, -0.15) is 0 Å². The lowest BCUT2D eigenvalue weighted by atomic mass is 10.1. The van der Waals surface area contributed by atoms with Gasteiger partial charge in [-0.15, -0.1) is 0 Å². The highest BCUT2D eigenvalue weighted by molar-refractivity contribution is 5.82. The molecule has 1 amide bonds. The van der Waals surface area contributed by atoms with Crippen molar-refractivity contribution in [3.63, 3.8) is 0 Å². The molecule has 0 atom stereocenters. The molecule has 24 heavy (non-hydrogen) atoms. The Bertz CT molecular complexity index is 795. The molecule has 0 saturated heterocycles. The first-order valence-corrected chi connectivity index (χ1v) is 7.67. The molecule has 2 rings (SSSR count). The lowest BCUT2D eigenvalue weighted by Gasteiger charge is -2.08. The number of rotatable bonds is 8. The molecule has 1 heterocycles. The Balaban J connectivity index is 1.94. The van der Waals surface area contributed by atoms with Gasteiger partial charge in [0.2, 0.25) is 0 Å². The highest BCUT2D eigenvalue weighted by Gasteiger charge is 2.07. The van der Waals surface area contributed by atoms with Crippen molar-refractivity contribution in [2.75, 3.05) is 13.2 Å². The minimum absolute atomic E-state index is 0.00457. The van der Waals surface area contributed by atoms with Crippen molar-refractivity contribution in [1.82, 2.24) is 5.32 Å². The number of benzene rings is 1. The van der Waals surface area contributed by atoms with Crippen LogP contribution in [0.25, 0.3) is 11.0 Å². The van der Waals surface area contributed by atoms with Gasteiger partial charge in [0.1, 0.15) is 11.3 Å². The summed E-state index contributed by atoms with van der Waals surface area (Å²) in [7, 11) is 0. The van der Waals surface area contributed by atoms with Crippen molar-refractivity contribution in [1.29, 1.82) is 0 Å². The highest BCUT2D eigenvalue weighted by atomic mass is 16.5. The zero-order valence-corrected chi connectivity index (χ0v) is 13.3. The van der Waals surface area contributed by atoms with Crippen LogP contribution in [0.1, 0.15) is 25.3 Å². The summed E-state index contributed by atoms with van der Waals surface area (Å²) in [4.78, 5) is 33.5. The SMILES string of the molecule is CCc1cc(=O)oc2cc(OCC(=O)NCCCC(=O)O)ccc12. The van der Waals surface area contributed by atoms with E-state index in [1.165, 1.54) is 6.07 Å². The van der Waals surface area contributed by atoms with Crippen LogP contribution in [0.3, 0.4) is 0 Å². The Labute approximate surface area is 138 Å². The molecule has 7 nitrogen and oxygen atoms in total. The third-order valence-electron chi connectivity index (χ3n) is 3.44. The number of aliphatic carboxylic acids is 1. The topological polar surface area (TPSA) is 106 Å². The van der Waals surface area contributed by atoms with Gasteiger partial charge < -0.3 is 19.6 Å². The van der Waals surface area contributed by atoms with E-state index in [2.05, 4.69) is 5.32 Å². The highest BCUT2D eigenvalue weighted by Crippen LogP contribution is 2.22. The fraction of sp³-hybridized carbons (Fsp3) is 0.353. The Hall–Kier alpha value is -2.83. The number of aryl methyl sites for hydroxylation is 1. The summed E-state index contributed by atoms with van der Waals surface area (Å²) in [6, 6.07) is 6.54. The van der Waals surface area contributed by atoms with Crippen LogP contribution in [-0.2, 0) is 16.0 Å². The summed E-state index contributed by atoms with van der Waals surface area (Å²) in [6.45, 7) is 2.03. The number of ether oxygens (including phenoxy) is 1. The second-order valence-corrected chi connectivity index (χ2v) is 5.24. The second kappa shape index (κ2) is 8.14. The van der Waals surface area contributed by atoms with Crippen LogP contribution >= 0.6 is 0 Å². The number of carboxylic acids is 1. The molecule has 0 radical (unpaired) electrons. The number of amides is 1. The molecule has 1 aromatic heterocycles. The van der Waals surface area contributed by atoms with E-state index in [0.29, 0.717) is 24.2 Å². The number of hydrogen-bond donors (Lipinski definition) is 2. The molecular formula is C17H19NO6. The third-order valence-corrected chi connectivity index (χ3v) is 3.44. The predicted octanol–water partition coefficient (Wildman–Crippen LogP) is 1.72. The van der Waals surface area contributed by atoms with Gasteiger partial charge in [-0.1, -0.05) is 6.92 Å². The molecule has 0 saturated carbocycles. The Morgan fingerprint density at radius 2 is 2.08 bits per heavy atom. The Kier molecular flexibility index (Phi) is 5.95. The molecule has 128 valence electrons. The molecule has 0 spiro atoms. The fourth-order valence-electron chi connectivity index (χ4n) is 2.26. The summed E-state index contributed by atoms with van der Waals surface area (Å²) in [5.41, 5.74) is 0.885. The van der Waals surface area contributed by atoms with Gasteiger partial charge in [0, 0.05) is 30.5 Å². The van der Waals surface area contributed by atoms with Gasteiger partial charge in [0.15, 0.2) is 6.61 Å². The van der Waals surface area contributed by atoms with Crippen LogP contribution in [0, 0.1) is 0 Å². The van der Waals surface area contributed by atoms with Gasteiger partial charge in [-0.25, -0.2) is 4.79 Å². The molecule has 0 fully saturated rings. The molecule has 0 unspecified atom stereocenters. The Morgan fingerprint density at radius 1 is 1.29 bits per heavy atom. The monoisotopic (exact) mass is 333 g/mol. The summed E-state index contributed by atoms with van der Waals surface area (Å²) in [5, 5.41) is 11.9. The standard InChI is InChI=1S/C17H19NO6/c1-2-11-8-17(22)24-14-9-12(5-6-13(11)14)23-10-15(19)18-7-3-4-16(20)21/h5-6,8-9H,2-4,7,10H2,1H3,(H,18,19)(H,20,21). The van der Waals surface area contributed by atoms with Crippen LogP contribution in [0.5, 0.6) is 5.75 Å². The number of hydrogen-bond acceptors (Lipinski definition) is 5. The first-order valence-electron chi connectivity index (χ1n) is 7.67. The van der Waals surface area contributed by atoms with Crippen molar-refractivity contribution >= 4 is 22.8 Å². The molecule has 0 aliphatic heterocycles. The molecule has 7 heteroatoms. The van der Waals surface area contributed by atoms with Gasteiger partial charge in [-0.3, -0.25) is 9.59 Å². The van der Waals surface area contributed by atoms with Crippen LogP contribution in [0.4, 0.5) is 0 Å². The molecular weight excluding hydrogens is 314 g/mol. The first kappa shape index (κ1) is 17.5. The van der Waals surface area contributed by atoms with Gasteiger partial charge >= 0.3 is 11.6 Å². The maximum Gasteiger partial charge on any atom is 0.336 e. The van der Waals surface area contributed by atoms with E-state index in [1.54, 1.807) is 18.2 Å². The maximum atomic E-state index is 11.6. The molecule has 2 N–H and O–H groups in total. The van der Waals surface area contributed by atoms with E-state index in [-0.39, 0.29) is 25.5 Å². The van der Waals surface area contributed by atoms with Crippen molar-refractivity contribution in [3.05, 3.63) is 40.2 Å². The van der Waals surface area contributed by atoms with Crippen LogP contribution in [0.15, 0.2) is 33.5 Å². The number of carbonyl (C=O) groups is 2. The van der Waals surface area contributed by atoms with E-state index in [9.17, 15) is 14.4 Å².